The van der Waals surface area contributed by atoms with E-state index in [1.807, 2.05) is 54.6 Å². The summed E-state index contributed by atoms with van der Waals surface area (Å²) in [6, 6.07) is 19.3. The molecule has 1 atom stereocenters. The fraction of sp³-hybridized carbons (Fsp3) is 0.105. The minimum Gasteiger partial charge on any atom is -0.489 e. The van der Waals surface area contributed by atoms with E-state index in [9.17, 15) is 5.26 Å². The predicted molar refractivity (Wildman–Crippen MR) is 96.6 cm³/mol. The predicted octanol–water partition coefficient (Wildman–Crippen LogP) is 2.67. The number of nitrogens with one attached hydrogen (secondary N) is 1. The van der Waals surface area contributed by atoms with Gasteiger partial charge in [0.05, 0.1) is 11.6 Å². The van der Waals surface area contributed by atoms with Crippen molar-refractivity contribution in [1.82, 2.24) is 14.8 Å². The lowest BCUT2D eigenvalue weighted by atomic mass is 9.98. The fourth-order valence-corrected chi connectivity index (χ4v) is 2.85. The van der Waals surface area contributed by atoms with Gasteiger partial charge in [-0.2, -0.15) is 20.0 Å². The number of rotatable bonds is 4. The van der Waals surface area contributed by atoms with Gasteiger partial charge < -0.3 is 15.8 Å². The van der Waals surface area contributed by atoms with E-state index in [1.54, 1.807) is 0 Å². The molecule has 7 nitrogen and oxygen atoms in total. The summed E-state index contributed by atoms with van der Waals surface area (Å²) in [5, 5.41) is 16.7. The number of fused-ring (bicyclic) bond motifs is 1. The van der Waals surface area contributed by atoms with Crippen LogP contribution in [0.4, 0.5) is 5.95 Å². The van der Waals surface area contributed by atoms with Gasteiger partial charge in [0, 0.05) is 0 Å². The highest BCUT2D eigenvalue weighted by atomic mass is 16.5. The molecule has 2 heterocycles. The maximum Gasteiger partial charge on any atom is 0.228 e. The summed E-state index contributed by atoms with van der Waals surface area (Å²) in [5.74, 6) is 1.55. The van der Waals surface area contributed by atoms with Gasteiger partial charge in [-0.05, 0) is 23.3 Å². The lowest BCUT2D eigenvalue weighted by Crippen LogP contribution is -2.27. The van der Waals surface area contributed by atoms with E-state index < -0.39 is 0 Å². The Morgan fingerprint density at radius 1 is 1.15 bits per heavy atom. The Morgan fingerprint density at radius 3 is 2.65 bits per heavy atom. The van der Waals surface area contributed by atoms with Gasteiger partial charge in [-0.25, -0.2) is 0 Å². The first-order valence-electron chi connectivity index (χ1n) is 8.09. The SMILES string of the molecule is N#CC1=C(N)n2ncnc2NC1c1ccc(OCc2ccccc2)cc1. The molecule has 1 aliphatic rings. The number of aromatic nitrogens is 3. The molecule has 7 heteroatoms. The van der Waals surface area contributed by atoms with Crippen molar-refractivity contribution >= 4 is 11.8 Å². The number of ether oxygens (including phenoxy) is 1. The second kappa shape index (κ2) is 6.61. The van der Waals surface area contributed by atoms with E-state index in [2.05, 4.69) is 21.5 Å². The van der Waals surface area contributed by atoms with Gasteiger partial charge in [0.1, 0.15) is 30.6 Å². The van der Waals surface area contributed by atoms with Gasteiger partial charge >= 0.3 is 0 Å². The Hall–Kier alpha value is -3.79. The number of hydrogen-bond donors (Lipinski definition) is 2. The number of nitriles is 1. The average Bonchev–Trinajstić information content (AvgIpc) is 3.17. The van der Waals surface area contributed by atoms with Gasteiger partial charge in [0.2, 0.25) is 5.95 Å². The summed E-state index contributed by atoms with van der Waals surface area (Å²) in [6.07, 6.45) is 1.40. The third kappa shape index (κ3) is 2.84. The molecule has 128 valence electrons. The van der Waals surface area contributed by atoms with Crippen LogP contribution in [0.5, 0.6) is 5.75 Å². The van der Waals surface area contributed by atoms with Crippen LogP contribution in [-0.2, 0) is 6.61 Å². The molecule has 3 aromatic rings. The summed E-state index contributed by atoms with van der Waals surface area (Å²) in [4.78, 5) is 4.12. The second-order valence-electron chi connectivity index (χ2n) is 5.83. The van der Waals surface area contributed by atoms with Crippen LogP contribution in [0.3, 0.4) is 0 Å². The number of benzene rings is 2. The number of nitrogens with two attached hydrogens (primary N) is 1. The highest BCUT2D eigenvalue weighted by Crippen LogP contribution is 2.33. The smallest absolute Gasteiger partial charge is 0.228 e. The summed E-state index contributed by atoms with van der Waals surface area (Å²) >= 11 is 0. The van der Waals surface area contributed by atoms with Crippen molar-refractivity contribution in [2.45, 2.75) is 12.6 Å². The largest absolute Gasteiger partial charge is 0.489 e. The highest BCUT2D eigenvalue weighted by molar-refractivity contribution is 5.65. The normalized spacial score (nSPS) is 15.7. The Morgan fingerprint density at radius 2 is 1.92 bits per heavy atom. The number of nitrogens with zero attached hydrogens (tertiary/aromatic N) is 4. The van der Waals surface area contributed by atoms with E-state index in [0.29, 0.717) is 18.1 Å². The quantitative estimate of drug-likeness (QED) is 0.754. The number of anilines is 1. The third-order valence-electron chi connectivity index (χ3n) is 4.20. The first-order valence-corrected chi connectivity index (χ1v) is 8.09. The van der Waals surface area contributed by atoms with Crippen LogP contribution >= 0.6 is 0 Å². The lowest BCUT2D eigenvalue weighted by molar-refractivity contribution is 0.306. The molecule has 1 unspecified atom stereocenters. The Labute approximate surface area is 150 Å². The molecule has 0 spiro atoms. The van der Waals surface area contributed by atoms with E-state index in [4.69, 9.17) is 10.5 Å². The van der Waals surface area contributed by atoms with Gasteiger partial charge in [0.15, 0.2) is 0 Å². The van der Waals surface area contributed by atoms with Crippen molar-refractivity contribution < 1.29 is 4.74 Å². The zero-order valence-corrected chi connectivity index (χ0v) is 13.8. The van der Waals surface area contributed by atoms with Crippen molar-refractivity contribution in [2.75, 3.05) is 5.32 Å². The Bertz CT molecular complexity index is 985. The molecule has 26 heavy (non-hydrogen) atoms. The molecule has 0 saturated heterocycles. The molecule has 0 aliphatic carbocycles. The minimum absolute atomic E-state index is 0.285. The topological polar surface area (TPSA) is 102 Å². The first kappa shape index (κ1) is 15.7. The van der Waals surface area contributed by atoms with Crippen LogP contribution in [0.1, 0.15) is 17.2 Å². The summed E-state index contributed by atoms with van der Waals surface area (Å²) in [6.45, 7) is 0.501. The van der Waals surface area contributed by atoms with Crippen molar-refractivity contribution in [3.8, 4) is 11.8 Å². The van der Waals surface area contributed by atoms with E-state index in [0.717, 1.165) is 16.9 Å². The molecule has 2 aromatic carbocycles. The summed E-state index contributed by atoms with van der Waals surface area (Å²) in [7, 11) is 0. The molecule has 1 aliphatic heterocycles. The zero-order chi connectivity index (χ0) is 17.9. The monoisotopic (exact) mass is 344 g/mol. The molecule has 0 radical (unpaired) electrons. The van der Waals surface area contributed by atoms with Gasteiger partial charge in [0.25, 0.3) is 0 Å². The van der Waals surface area contributed by atoms with Gasteiger partial charge in [-0.3, -0.25) is 0 Å². The van der Waals surface area contributed by atoms with Crippen LogP contribution in [-0.4, -0.2) is 14.8 Å². The van der Waals surface area contributed by atoms with Gasteiger partial charge in [-0.15, -0.1) is 0 Å². The molecule has 0 saturated carbocycles. The van der Waals surface area contributed by atoms with Crippen LogP contribution in [0.15, 0.2) is 66.5 Å². The van der Waals surface area contributed by atoms with Crippen molar-refractivity contribution in [3.63, 3.8) is 0 Å². The molecule has 0 fully saturated rings. The first-order chi connectivity index (χ1) is 12.8. The maximum atomic E-state index is 9.51. The Kier molecular flexibility index (Phi) is 4.00. The maximum absolute atomic E-state index is 9.51. The molecule has 3 N–H and O–H groups in total. The summed E-state index contributed by atoms with van der Waals surface area (Å²) < 4.78 is 7.23. The average molecular weight is 344 g/mol. The highest BCUT2D eigenvalue weighted by Gasteiger charge is 2.28. The van der Waals surface area contributed by atoms with Crippen molar-refractivity contribution in [3.05, 3.63) is 77.6 Å². The zero-order valence-electron chi connectivity index (χ0n) is 13.8. The van der Waals surface area contributed by atoms with Crippen LogP contribution in [0.25, 0.3) is 5.82 Å². The standard InChI is InChI=1S/C19H16N6O/c20-10-16-17(24-19-22-12-23-25(19)18(16)21)14-6-8-15(9-7-14)26-11-13-4-2-1-3-5-13/h1-9,12,17H,11,21H2,(H,22,23,24). The van der Waals surface area contributed by atoms with Crippen molar-refractivity contribution in [2.24, 2.45) is 5.73 Å². The Balaban J connectivity index is 1.54. The van der Waals surface area contributed by atoms with Crippen LogP contribution in [0, 0.1) is 11.3 Å². The molecule has 4 rings (SSSR count). The molecular formula is C19H16N6O. The summed E-state index contributed by atoms with van der Waals surface area (Å²) in [5.41, 5.74) is 8.47. The minimum atomic E-state index is -0.375. The number of hydrogen-bond acceptors (Lipinski definition) is 6. The molecule has 0 amide bonds. The fourth-order valence-electron chi connectivity index (χ4n) is 2.85. The van der Waals surface area contributed by atoms with Crippen molar-refractivity contribution in [1.29, 1.82) is 5.26 Å². The van der Waals surface area contributed by atoms with E-state index in [-0.39, 0.29) is 11.9 Å². The van der Waals surface area contributed by atoms with Crippen LogP contribution in [0.2, 0.25) is 0 Å². The molecule has 1 aromatic heterocycles. The second-order valence-corrected chi connectivity index (χ2v) is 5.83. The van der Waals surface area contributed by atoms with Gasteiger partial charge in [-0.1, -0.05) is 42.5 Å². The molecular weight excluding hydrogens is 328 g/mol. The molecule has 0 bridgehead atoms. The third-order valence-corrected chi connectivity index (χ3v) is 4.20. The van der Waals surface area contributed by atoms with E-state index >= 15 is 0 Å². The van der Waals surface area contributed by atoms with Crippen LogP contribution < -0.4 is 15.8 Å². The lowest BCUT2D eigenvalue weighted by Gasteiger charge is -2.25. The van der Waals surface area contributed by atoms with E-state index in [1.165, 1.54) is 11.0 Å².